The van der Waals surface area contributed by atoms with Crippen LogP contribution in [0.25, 0.3) is 0 Å². The second-order valence-corrected chi connectivity index (χ2v) is 3.61. The largest absolute Gasteiger partial charge is 0.369 e. The highest BCUT2D eigenvalue weighted by Crippen LogP contribution is 2.17. The fraction of sp³-hybridized carbons (Fsp3) is 0.500. The lowest BCUT2D eigenvalue weighted by Gasteiger charge is -2.10. The summed E-state index contributed by atoms with van der Waals surface area (Å²) in [6, 6.07) is 3.10. The van der Waals surface area contributed by atoms with E-state index in [0.29, 0.717) is 18.1 Å². The first kappa shape index (κ1) is 12.4. The van der Waals surface area contributed by atoms with Crippen molar-refractivity contribution in [1.29, 1.82) is 0 Å². The van der Waals surface area contributed by atoms with E-state index < -0.39 is 4.92 Å². The van der Waals surface area contributed by atoms with E-state index in [2.05, 4.69) is 10.3 Å². The molecule has 0 aliphatic heterocycles. The highest BCUT2D eigenvalue weighted by atomic mass is 16.6. The molecular formula is C10H16N4O2. The van der Waals surface area contributed by atoms with Crippen molar-refractivity contribution < 1.29 is 4.92 Å². The van der Waals surface area contributed by atoms with Crippen LogP contribution in [0.3, 0.4) is 0 Å². The molecule has 1 aromatic heterocycles. The van der Waals surface area contributed by atoms with Crippen molar-refractivity contribution in [2.24, 2.45) is 5.73 Å². The summed E-state index contributed by atoms with van der Waals surface area (Å²) in [6.07, 6.45) is 0.874. The van der Waals surface area contributed by atoms with E-state index in [1.807, 2.05) is 6.92 Å². The van der Waals surface area contributed by atoms with E-state index in [4.69, 9.17) is 5.73 Å². The van der Waals surface area contributed by atoms with Crippen LogP contribution in [-0.4, -0.2) is 22.5 Å². The lowest BCUT2D eigenvalue weighted by Crippen LogP contribution is -2.28. The lowest BCUT2D eigenvalue weighted by atomic mass is 10.2. The van der Waals surface area contributed by atoms with Crippen LogP contribution in [0.15, 0.2) is 12.1 Å². The number of nitrogens with one attached hydrogen (secondary N) is 1. The van der Waals surface area contributed by atoms with Crippen LogP contribution in [0.2, 0.25) is 0 Å². The molecule has 6 heteroatoms. The Morgan fingerprint density at radius 1 is 1.62 bits per heavy atom. The minimum absolute atomic E-state index is 0.0327. The highest BCUT2D eigenvalue weighted by molar-refractivity contribution is 5.44. The first-order valence-corrected chi connectivity index (χ1v) is 5.16. The molecule has 0 bridgehead atoms. The molecule has 1 heterocycles. The average molecular weight is 224 g/mol. The number of nitrogens with two attached hydrogens (primary N) is 1. The molecule has 3 N–H and O–H groups in total. The number of rotatable bonds is 5. The van der Waals surface area contributed by atoms with Gasteiger partial charge in [0.15, 0.2) is 0 Å². The molecule has 0 aliphatic rings. The molecule has 88 valence electrons. The van der Waals surface area contributed by atoms with Gasteiger partial charge in [-0.05, 0) is 19.4 Å². The van der Waals surface area contributed by atoms with Gasteiger partial charge in [0.1, 0.15) is 11.5 Å². The van der Waals surface area contributed by atoms with Crippen molar-refractivity contribution in [2.75, 3.05) is 11.9 Å². The molecule has 0 saturated carbocycles. The Bertz CT molecular complexity index is 381. The molecule has 1 aromatic rings. The fourth-order valence-corrected chi connectivity index (χ4v) is 1.23. The molecule has 0 fully saturated rings. The zero-order valence-corrected chi connectivity index (χ0v) is 9.43. The van der Waals surface area contributed by atoms with Crippen LogP contribution in [0.4, 0.5) is 11.5 Å². The Kier molecular flexibility index (Phi) is 4.19. The van der Waals surface area contributed by atoms with Gasteiger partial charge in [-0.2, -0.15) is 0 Å². The number of hydrogen-bond acceptors (Lipinski definition) is 5. The number of nitro groups is 1. The van der Waals surface area contributed by atoms with E-state index in [0.717, 1.165) is 6.42 Å². The predicted octanol–water partition coefficient (Wildman–Crippen LogP) is 1.45. The van der Waals surface area contributed by atoms with Gasteiger partial charge < -0.3 is 11.1 Å². The van der Waals surface area contributed by atoms with Gasteiger partial charge in [-0.15, -0.1) is 0 Å². The number of pyridine rings is 1. The monoisotopic (exact) mass is 224 g/mol. The SMILES string of the molecule is CCC(N)CNc1ccc([N+](=O)[O-])c(C)n1. The molecule has 0 radical (unpaired) electrons. The molecular weight excluding hydrogens is 208 g/mol. The number of hydrogen-bond donors (Lipinski definition) is 2. The Balaban J connectivity index is 2.70. The van der Waals surface area contributed by atoms with Crippen molar-refractivity contribution in [3.05, 3.63) is 27.9 Å². The summed E-state index contributed by atoms with van der Waals surface area (Å²) >= 11 is 0. The summed E-state index contributed by atoms with van der Waals surface area (Å²) in [5.41, 5.74) is 6.17. The van der Waals surface area contributed by atoms with E-state index in [9.17, 15) is 10.1 Å². The Hall–Kier alpha value is -1.69. The molecule has 1 rings (SSSR count). The normalized spacial score (nSPS) is 12.2. The van der Waals surface area contributed by atoms with Crippen LogP contribution >= 0.6 is 0 Å². The van der Waals surface area contributed by atoms with E-state index in [-0.39, 0.29) is 11.7 Å². The zero-order valence-electron chi connectivity index (χ0n) is 9.43. The maximum atomic E-state index is 10.6. The average Bonchev–Trinajstić information content (AvgIpc) is 2.25. The molecule has 0 saturated heterocycles. The van der Waals surface area contributed by atoms with Gasteiger partial charge in [0.2, 0.25) is 0 Å². The van der Waals surface area contributed by atoms with Crippen LogP contribution in [0.1, 0.15) is 19.0 Å². The van der Waals surface area contributed by atoms with E-state index in [1.54, 1.807) is 13.0 Å². The van der Waals surface area contributed by atoms with Gasteiger partial charge in [0.05, 0.1) is 4.92 Å². The van der Waals surface area contributed by atoms with Crippen LogP contribution in [0, 0.1) is 17.0 Å². The minimum Gasteiger partial charge on any atom is -0.369 e. The summed E-state index contributed by atoms with van der Waals surface area (Å²) in [6.45, 7) is 4.23. The second-order valence-electron chi connectivity index (χ2n) is 3.61. The third kappa shape index (κ3) is 3.16. The standard InChI is InChI=1S/C10H16N4O2/c1-3-8(11)6-12-10-5-4-9(14(15)16)7(2)13-10/h4-5,8H,3,6,11H2,1-2H3,(H,12,13). The van der Waals surface area contributed by atoms with Gasteiger partial charge >= 0.3 is 0 Å². The summed E-state index contributed by atoms with van der Waals surface area (Å²) in [5.74, 6) is 0.618. The second kappa shape index (κ2) is 5.41. The first-order valence-electron chi connectivity index (χ1n) is 5.16. The molecule has 16 heavy (non-hydrogen) atoms. The lowest BCUT2D eigenvalue weighted by molar-refractivity contribution is -0.385. The summed E-state index contributed by atoms with van der Waals surface area (Å²) in [7, 11) is 0. The first-order chi connectivity index (χ1) is 7.54. The smallest absolute Gasteiger partial charge is 0.290 e. The topological polar surface area (TPSA) is 94.1 Å². The van der Waals surface area contributed by atoms with E-state index in [1.165, 1.54) is 6.07 Å². The van der Waals surface area contributed by atoms with Crippen molar-refractivity contribution in [3.63, 3.8) is 0 Å². The fourth-order valence-electron chi connectivity index (χ4n) is 1.23. The minimum atomic E-state index is -0.441. The van der Waals surface area contributed by atoms with Crippen LogP contribution in [-0.2, 0) is 0 Å². The van der Waals surface area contributed by atoms with Crippen LogP contribution in [0.5, 0.6) is 0 Å². The highest BCUT2D eigenvalue weighted by Gasteiger charge is 2.11. The molecule has 0 amide bonds. The quantitative estimate of drug-likeness (QED) is 0.583. The summed E-state index contributed by atoms with van der Waals surface area (Å²) in [5, 5.41) is 13.6. The van der Waals surface area contributed by atoms with Gasteiger partial charge in [0, 0.05) is 18.7 Å². The maximum absolute atomic E-state index is 10.6. The summed E-state index contributed by atoms with van der Waals surface area (Å²) < 4.78 is 0. The van der Waals surface area contributed by atoms with Gasteiger partial charge in [0.25, 0.3) is 5.69 Å². The van der Waals surface area contributed by atoms with Gasteiger partial charge in [-0.3, -0.25) is 10.1 Å². The van der Waals surface area contributed by atoms with Gasteiger partial charge in [-0.25, -0.2) is 4.98 Å². The van der Waals surface area contributed by atoms with Crippen LogP contribution < -0.4 is 11.1 Å². The Morgan fingerprint density at radius 3 is 2.81 bits per heavy atom. The number of aromatic nitrogens is 1. The molecule has 0 aromatic carbocycles. The Labute approximate surface area is 94.0 Å². The number of aryl methyl sites for hydroxylation is 1. The molecule has 1 atom stereocenters. The van der Waals surface area contributed by atoms with Crippen molar-refractivity contribution >= 4 is 11.5 Å². The molecule has 0 aliphatic carbocycles. The molecule has 6 nitrogen and oxygen atoms in total. The number of nitrogens with zero attached hydrogens (tertiary/aromatic N) is 2. The molecule has 0 spiro atoms. The van der Waals surface area contributed by atoms with Gasteiger partial charge in [-0.1, -0.05) is 6.92 Å². The van der Waals surface area contributed by atoms with Crippen molar-refractivity contribution in [3.8, 4) is 0 Å². The van der Waals surface area contributed by atoms with Crippen molar-refractivity contribution in [2.45, 2.75) is 26.3 Å². The summed E-state index contributed by atoms with van der Waals surface area (Å²) in [4.78, 5) is 14.2. The molecule has 1 unspecified atom stereocenters. The third-order valence-corrected chi connectivity index (χ3v) is 2.32. The zero-order chi connectivity index (χ0) is 12.1. The predicted molar refractivity (Wildman–Crippen MR) is 62.4 cm³/mol. The number of anilines is 1. The van der Waals surface area contributed by atoms with Crippen molar-refractivity contribution in [1.82, 2.24) is 4.98 Å². The Morgan fingerprint density at radius 2 is 2.31 bits per heavy atom. The van der Waals surface area contributed by atoms with E-state index >= 15 is 0 Å². The maximum Gasteiger partial charge on any atom is 0.290 e. The third-order valence-electron chi connectivity index (χ3n) is 2.32.